The zero-order valence-corrected chi connectivity index (χ0v) is 11.7. The molecule has 1 saturated heterocycles. The van der Waals surface area contributed by atoms with Crippen LogP contribution in [0.1, 0.15) is 11.5 Å². The van der Waals surface area contributed by atoms with E-state index in [1.165, 1.54) is 7.11 Å². The van der Waals surface area contributed by atoms with E-state index in [1.807, 2.05) is 30.3 Å². The molecule has 5 heteroatoms. The van der Waals surface area contributed by atoms with Crippen molar-refractivity contribution in [2.75, 3.05) is 40.0 Å². The largest absolute Gasteiger partial charge is 0.469 e. The number of aliphatic hydroxyl groups is 1. The van der Waals surface area contributed by atoms with Crippen LogP contribution in [-0.4, -0.2) is 62.0 Å². The Morgan fingerprint density at radius 3 is 2.90 bits per heavy atom. The molecule has 2 atom stereocenters. The number of carbonyl (C=O) groups is 1. The highest BCUT2D eigenvalue weighted by Gasteiger charge is 2.29. The third kappa shape index (κ3) is 3.56. The first kappa shape index (κ1) is 15.0. The zero-order valence-electron chi connectivity index (χ0n) is 11.7. The van der Waals surface area contributed by atoms with Gasteiger partial charge in [0.2, 0.25) is 0 Å². The van der Waals surface area contributed by atoms with Gasteiger partial charge >= 0.3 is 5.97 Å². The zero-order chi connectivity index (χ0) is 14.4. The molecular formula is C15H21NO4. The van der Waals surface area contributed by atoms with Crippen LogP contribution in [0.5, 0.6) is 0 Å². The highest BCUT2D eigenvalue weighted by atomic mass is 16.5. The molecule has 0 aromatic heterocycles. The molecule has 1 aromatic carbocycles. The number of aliphatic hydroxyl groups excluding tert-OH is 1. The van der Waals surface area contributed by atoms with E-state index in [0.29, 0.717) is 26.3 Å². The molecule has 0 spiro atoms. The van der Waals surface area contributed by atoms with Gasteiger partial charge < -0.3 is 14.6 Å². The molecule has 1 N–H and O–H groups in total. The third-order valence-electron chi connectivity index (χ3n) is 3.66. The Morgan fingerprint density at radius 1 is 1.50 bits per heavy atom. The van der Waals surface area contributed by atoms with Gasteiger partial charge in [-0.3, -0.25) is 9.69 Å². The second-order valence-electron chi connectivity index (χ2n) is 4.89. The van der Waals surface area contributed by atoms with Crippen molar-refractivity contribution < 1.29 is 19.4 Å². The lowest BCUT2D eigenvalue weighted by molar-refractivity contribution is -0.143. The summed E-state index contributed by atoms with van der Waals surface area (Å²) < 4.78 is 10.3. The number of esters is 1. The lowest BCUT2D eigenvalue weighted by Gasteiger charge is -2.36. The summed E-state index contributed by atoms with van der Waals surface area (Å²) >= 11 is 0. The van der Waals surface area contributed by atoms with Gasteiger partial charge in [-0.1, -0.05) is 30.3 Å². The quantitative estimate of drug-likeness (QED) is 0.801. The normalized spacial score (nSPS) is 21.4. The van der Waals surface area contributed by atoms with Crippen molar-refractivity contribution in [1.29, 1.82) is 0 Å². The molecule has 2 unspecified atom stereocenters. The van der Waals surface area contributed by atoms with E-state index >= 15 is 0 Å². The first-order valence-electron chi connectivity index (χ1n) is 6.81. The fraction of sp³-hybridized carbons (Fsp3) is 0.533. The predicted molar refractivity (Wildman–Crippen MR) is 74.5 cm³/mol. The van der Waals surface area contributed by atoms with Crippen LogP contribution in [0.3, 0.4) is 0 Å². The summed E-state index contributed by atoms with van der Waals surface area (Å²) in [5.41, 5.74) is 0.933. The van der Waals surface area contributed by atoms with E-state index in [-0.39, 0.29) is 24.5 Å². The second-order valence-corrected chi connectivity index (χ2v) is 4.89. The minimum absolute atomic E-state index is 0.0304. The summed E-state index contributed by atoms with van der Waals surface area (Å²) in [6.07, 6.45) is 0. The minimum Gasteiger partial charge on any atom is -0.469 e. The summed E-state index contributed by atoms with van der Waals surface area (Å²) in [5, 5.41) is 9.40. The first-order chi connectivity index (χ1) is 9.76. The number of morpholine rings is 1. The van der Waals surface area contributed by atoms with Crippen molar-refractivity contribution in [2.24, 2.45) is 0 Å². The van der Waals surface area contributed by atoms with Gasteiger partial charge in [0.15, 0.2) is 0 Å². The first-order valence-corrected chi connectivity index (χ1v) is 6.81. The van der Waals surface area contributed by atoms with Crippen LogP contribution in [0.4, 0.5) is 0 Å². The Balaban J connectivity index is 2.13. The van der Waals surface area contributed by atoms with Crippen LogP contribution < -0.4 is 0 Å². The molecule has 1 aliphatic rings. The van der Waals surface area contributed by atoms with E-state index in [9.17, 15) is 9.90 Å². The van der Waals surface area contributed by atoms with Crippen LogP contribution in [-0.2, 0) is 14.3 Å². The number of methoxy groups -OCH3 is 1. The minimum atomic E-state index is -0.339. The topological polar surface area (TPSA) is 59.0 Å². The molecule has 0 bridgehead atoms. The van der Waals surface area contributed by atoms with Crippen LogP contribution in [0.2, 0.25) is 0 Å². The molecule has 5 nitrogen and oxygen atoms in total. The number of carbonyl (C=O) groups excluding carboxylic acids is 1. The van der Waals surface area contributed by atoms with Crippen LogP contribution >= 0.6 is 0 Å². The smallest absolute Gasteiger partial charge is 0.314 e. The molecule has 1 aliphatic heterocycles. The number of hydrogen-bond donors (Lipinski definition) is 1. The Morgan fingerprint density at radius 2 is 2.25 bits per heavy atom. The Labute approximate surface area is 119 Å². The number of hydrogen-bond acceptors (Lipinski definition) is 5. The van der Waals surface area contributed by atoms with Crippen molar-refractivity contribution in [3.63, 3.8) is 0 Å². The average molecular weight is 279 g/mol. The van der Waals surface area contributed by atoms with Crippen molar-refractivity contribution in [1.82, 2.24) is 4.90 Å². The summed E-state index contributed by atoms with van der Waals surface area (Å²) in [6.45, 7) is 2.40. The number of nitrogens with zero attached hydrogens (tertiary/aromatic N) is 1. The van der Waals surface area contributed by atoms with Crippen LogP contribution in [0.25, 0.3) is 0 Å². The lowest BCUT2D eigenvalue weighted by Crippen LogP contribution is -2.49. The van der Waals surface area contributed by atoms with E-state index in [2.05, 4.69) is 4.90 Å². The molecule has 0 aliphatic carbocycles. The monoisotopic (exact) mass is 279 g/mol. The van der Waals surface area contributed by atoms with Crippen molar-refractivity contribution in [3.8, 4) is 0 Å². The van der Waals surface area contributed by atoms with Gasteiger partial charge in [-0.2, -0.15) is 0 Å². The van der Waals surface area contributed by atoms with Crippen molar-refractivity contribution in [2.45, 2.75) is 12.0 Å². The molecule has 1 fully saturated rings. The lowest BCUT2D eigenvalue weighted by atomic mass is 9.97. The summed E-state index contributed by atoms with van der Waals surface area (Å²) in [5.74, 6) is -0.590. The van der Waals surface area contributed by atoms with Gasteiger partial charge in [0.25, 0.3) is 0 Å². The molecule has 1 aromatic rings. The molecular weight excluding hydrogens is 258 g/mol. The average Bonchev–Trinajstić information content (AvgIpc) is 2.53. The van der Waals surface area contributed by atoms with Gasteiger partial charge in [-0.15, -0.1) is 0 Å². The van der Waals surface area contributed by atoms with Crippen LogP contribution in [0, 0.1) is 0 Å². The SMILES string of the molecule is COC(=O)C(CN1CCOCC1CO)c1ccccc1. The molecule has 20 heavy (non-hydrogen) atoms. The van der Waals surface area contributed by atoms with E-state index in [0.717, 1.165) is 5.56 Å². The fourth-order valence-corrected chi connectivity index (χ4v) is 2.48. The number of benzene rings is 1. The number of ether oxygens (including phenoxy) is 2. The summed E-state index contributed by atoms with van der Waals surface area (Å²) in [7, 11) is 1.40. The second kappa shape index (κ2) is 7.38. The maximum absolute atomic E-state index is 12.0. The molecule has 1 heterocycles. The molecule has 0 saturated carbocycles. The van der Waals surface area contributed by atoms with Gasteiger partial charge in [0.1, 0.15) is 0 Å². The summed E-state index contributed by atoms with van der Waals surface area (Å²) in [6, 6.07) is 9.54. The van der Waals surface area contributed by atoms with E-state index in [4.69, 9.17) is 9.47 Å². The molecule has 0 amide bonds. The Kier molecular flexibility index (Phi) is 5.52. The molecule has 110 valence electrons. The van der Waals surface area contributed by atoms with E-state index in [1.54, 1.807) is 0 Å². The van der Waals surface area contributed by atoms with Gasteiger partial charge in [-0.25, -0.2) is 0 Å². The Bertz CT molecular complexity index is 423. The van der Waals surface area contributed by atoms with Crippen LogP contribution in [0.15, 0.2) is 30.3 Å². The molecule has 0 radical (unpaired) electrons. The maximum Gasteiger partial charge on any atom is 0.314 e. The fourth-order valence-electron chi connectivity index (χ4n) is 2.48. The highest BCUT2D eigenvalue weighted by Crippen LogP contribution is 2.21. The van der Waals surface area contributed by atoms with Gasteiger partial charge in [0.05, 0.1) is 38.9 Å². The highest BCUT2D eigenvalue weighted by molar-refractivity contribution is 5.78. The standard InChI is InChI=1S/C15H21NO4/c1-19-15(18)14(12-5-3-2-4-6-12)9-16-7-8-20-11-13(16)10-17/h2-6,13-14,17H,7-11H2,1H3. The van der Waals surface area contributed by atoms with Gasteiger partial charge in [0, 0.05) is 13.1 Å². The number of rotatable bonds is 5. The third-order valence-corrected chi connectivity index (χ3v) is 3.66. The predicted octanol–water partition coefficient (Wildman–Crippen LogP) is 0.636. The van der Waals surface area contributed by atoms with E-state index < -0.39 is 0 Å². The summed E-state index contributed by atoms with van der Waals surface area (Å²) in [4.78, 5) is 14.1. The van der Waals surface area contributed by atoms with Gasteiger partial charge in [-0.05, 0) is 5.56 Å². The van der Waals surface area contributed by atoms with Crippen molar-refractivity contribution in [3.05, 3.63) is 35.9 Å². The van der Waals surface area contributed by atoms with Crippen molar-refractivity contribution >= 4 is 5.97 Å². The Hall–Kier alpha value is -1.43. The molecule has 2 rings (SSSR count). The maximum atomic E-state index is 12.0.